The smallest absolute Gasteiger partial charge is 0.392 e. The van der Waals surface area contributed by atoms with E-state index in [2.05, 4.69) is 15.0 Å². The highest BCUT2D eigenvalue weighted by Gasteiger charge is 2.37. The Kier molecular flexibility index (Phi) is 7.04. The van der Waals surface area contributed by atoms with Gasteiger partial charge in [-0.15, -0.1) is 0 Å². The van der Waals surface area contributed by atoms with Crippen molar-refractivity contribution in [2.45, 2.75) is 25.1 Å². The van der Waals surface area contributed by atoms with Crippen LogP contribution in [0.4, 0.5) is 51.3 Å². The summed E-state index contributed by atoms with van der Waals surface area (Å²) in [5.74, 6) is -0.148. The number of halogens is 9. The molecule has 1 fully saturated rings. The van der Waals surface area contributed by atoms with Crippen molar-refractivity contribution < 1.29 is 44.6 Å². The Hall–Kier alpha value is -4.01. The number of pyridine rings is 1. The first-order valence-electron chi connectivity index (χ1n) is 12.1. The molecule has 0 atom stereocenters. The van der Waals surface area contributed by atoms with Gasteiger partial charge in [0.1, 0.15) is 5.82 Å². The zero-order chi connectivity index (χ0) is 29.7. The molecule has 4 aromatic rings. The number of anilines is 2. The van der Waals surface area contributed by atoms with Crippen LogP contribution in [0.2, 0.25) is 0 Å². The second kappa shape index (κ2) is 10.1. The maximum Gasteiger partial charge on any atom is 0.419 e. The summed E-state index contributed by atoms with van der Waals surface area (Å²) in [5.41, 5.74) is -2.81. The number of nitrogens with zero attached hydrogens (tertiary/aromatic N) is 4. The topological polar surface area (TPSA) is 68.3 Å². The van der Waals surface area contributed by atoms with E-state index in [-0.39, 0.29) is 65.7 Å². The molecule has 0 radical (unpaired) electrons. The summed E-state index contributed by atoms with van der Waals surface area (Å²) < 4.78 is 121. The molecule has 5 rings (SSSR count). The summed E-state index contributed by atoms with van der Waals surface area (Å²) in [7, 11) is 0. The summed E-state index contributed by atoms with van der Waals surface area (Å²) in [6.45, 7) is -0.179. The van der Waals surface area contributed by atoms with Crippen molar-refractivity contribution in [2.24, 2.45) is 0 Å². The molecule has 15 heteroatoms. The number of aliphatic hydroxyl groups excluding tert-OH is 1. The lowest BCUT2D eigenvalue weighted by molar-refractivity contribution is -0.138. The number of H-pyrrole nitrogens is 1. The molecule has 1 saturated heterocycles. The van der Waals surface area contributed by atoms with Crippen molar-refractivity contribution in [1.29, 1.82) is 0 Å². The molecule has 0 amide bonds. The molecule has 2 N–H and O–H groups in total. The normalized spacial score (nSPS) is 15.2. The van der Waals surface area contributed by atoms with E-state index in [1.54, 1.807) is 4.90 Å². The number of imidazole rings is 1. The van der Waals surface area contributed by atoms with Crippen molar-refractivity contribution in [1.82, 2.24) is 15.0 Å². The number of benzene rings is 2. The van der Waals surface area contributed by atoms with Gasteiger partial charge in [-0.05, 0) is 41.5 Å². The number of alkyl halides is 9. The Bertz CT molecular complexity index is 1550. The molecule has 0 unspecified atom stereocenters. The van der Waals surface area contributed by atoms with E-state index in [4.69, 9.17) is 0 Å². The van der Waals surface area contributed by atoms with Gasteiger partial charge in [0, 0.05) is 37.9 Å². The Balaban J connectivity index is 1.46. The molecule has 1 aliphatic rings. The van der Waals surface area contributed by atoms with Gasteiger partial charge in [0.25, 0.3) is 0 Å². The van der Waals surface area contributed by atoms with Crippen LogP contribution in [0, 0.1) is 0 Å². The number of hydrogen-bond donors (Lipinski definition) is 2. The minimum Gasteiger partial charge on any atom is -0.392 e. The third-order valence-electron chi connectivity index (χ3n) is 6.72. The molecule has 0 spiro atoms. The fourth-order valence-corrected chi connectivity index (χ4v) is 4.66. The third-order valence-corrected chi connectivity index (χ3v) is 6.72. The molecule has 0 aliphatic carbocycles. The number of aromatic amines is 1. The SMILES string of the molecule is OCc1cnc(N2CCN(c3nc4cc(C(F)(F)F)cc(-c5ccc(C(F)(F)F)cc5)c4[nH]3)CC2)c(C(F)(F)F)c1. The van der Waals surface area contributed by atoms with Crippen LogP contribution in [0.1, 0.15) is 22.3 Å². The van der Waals surface area contributed by atoms with Gasteiger partial charge in [0.05, 0.1) is 34.3 Å². The highest BCUT2D eigenvalue weighted by atomic mass is 19.4. The average molecular weight is 589 g/mol. The molecule has 6 nitrogen and oxygen atoms in total. The monoisotopic (exact) mass is 589 g/mol. The van der Waals surface area contributed by atoms with Crippen molar-refractivity contribution in [3.63, 3.8) is 0 Å². The van der Waals surface area contributed by atoms with Gasteiger partial charge in [-0.25, -0.2) is 9.97 Å². The molecule has 3 heterocycles. The lowest BCUT2D eigenvalue weighted by Gasteiger charge is -2.36. The van der Waals surface area contributed by atoms with E-state index in [9.17, 15) is 44.6 Å². The van der Waals surface area contributed by atoms with Crippen molar-refractivity contribution in [3.8, 4) is 11.1 Å². The molecule has 2 aromatic carbocycles. The van der Waals surface area contributed by atoms with Gasteiger partial charge in [-0.1, -0.05) is 12.1 Å². The van der Waals surface area contributed by atoms with Crippen LogP contribution >= 0.6 is 0 Å². The van der Waals surface area contributed by atoms with Crippen LogP contribution in [-0.2, 0) is 25.1 Å². The van der Waals surface area contributed by atoms with Gasteiger partial charge >= 0.3 is 18.5 Å². The van der Waals surface area contributed by atoms with E-state index >= 15 is 0 Å². The quantitative estimate of drug-likeness (QED) is 0.266. The van der Waals surface area contributed by atoms with Crippen LogP contribution in [-0.4, -0.2) is 46.2 Å². The highest BCUT2D eigenvalue weighted by molar-refractivity contribution is 5.94. The van der Waals surface area contributed by atoms with Crippen LogP contribution in [0.15, 0.2) is 48.7 Å². The van der Waals surface area contributed by atoms with E-state index in [0.717, 1.165) is 48.7 Å². The number of aliphatic hydroxyl groups is 1. The second-order valence-corrected chi connectivity index (χ2v) is 9.40. The first kappa shape index (κ1) is 28.5. The van der Waals surface area contributed by atoms with Gasteiger partial charge < -0.3 is 19.9 Å². The third kappa shape index (κ3) is 5.76. The maximum absolute atomic E-state index is 13.7. The van der Waals surface area contributed by atoms with Crippen LogP contribution in [0.3, 0.4) is 0 Å². The number of piperazine rings is 1. The van der Waals surface area contributed by atoms with Gasteiger partial charge in [0.15, 0.2) is 0 Å². The minimum absolute atomic E-state index is 0.00376. The largest absolute Gasteiger partial charge is 0.419 e. The number of hydrogen-bond acceptors (Lipinski definition) is 5. The van der Waals surface area contributed by atoms with Gasteiger partial charge in [0.2, 0.25) is 5.95 Å². The predicted molar refractivity (Wildman–Crippen MR) is 131 cm³/mol. The van der Waals surface area contributed by atoms with E-state index in [1.807, 2.05) is 0 Å². The van der Waals surface area contributed by atoms with Crippen LogP contribution in [0.5, 0.6) is 0 Å². The number of aromatic nitrogens is 3. The molecule has 2 aromatic heterocycles. The fraction of sp³-hybridized carbons (Fsp3) is 0.308. The molecule has 218 valence electrons. The Morgan fingerprint density at radius 3 is 1.93 bits per heavy atom. The first-order chi connectivity index (χ1) is 19.1. The summed E-state index contributed by atoms with van der Waals surface area (Å²) in [4.78, 5) is 14.2. The van der Waals surface area contributed by atoms with Crippen molar-refractivity contribution in [3.05, 3.63) is 70.9 Å². The number of rotatable bonds is 4. The lowest BCUT2D eigenvalue weighted by atomic mass is 9.99. The molecular formula is C26H20F9N5O. The second-order valence-electron chi connectivity index (χ2n) is 9.40. The number of nitrogens with one attached hydrogen (secondary N) is 1. The Labute approximate surface area is 226 Å². The summed E-state index contributed by atoms with van der Waals surface area (Å²) in [6, 6.07) is 6.17. The zero-order valence-corrected chi connectivity index (χ0v) is 20.8. The highest BCUT2D eigenvalue weighted by Crippen LogP contribution is 2.39. The van der Waals surface area contributed by atoms with E-state index in [0.29, 0.717) is 0 Å². The molecule has 1 aliphatic heterocycles. The molecule has 0 bridgehead atoms. The molecule has 41 heavy (non-hydrogen) atoms. The average Bonchev–Trinajstić information content (AvgIpc) is 3.35. The van der Waals surface area contributed by atoms with E-state index in [1.165, 1.54) is 4.90 Å². The van der Waals surface area contributed by atoms with Crippen LogP contribution < -0.4 is 9.80 Å². The van der Waals surface area contributed by atoms with E-state index < -0.39 is 41.8 Å². The van der Waals surface area contributed by atoms with Gasteiger partial charge in [-0.2, -0.15) is 39.5 Å². The van der Waals surface area contributed by atoms with Crippen LogP contribution in [0.25, 0.3) is 22.2 Å². The van der Waals surface area contributed by atoms with Crippen molar-refractivity contribution in [2.75, 3.05) is 36.0 Å². The zero-order valence-electron chi connectivity index (χ0n) is 20.8. The minimum atomic E-state index is -4.76. The first-order valence-corrected chi connectivity index (χ1v) is 12.1. The molecule has 0 saturated carbocycles. The molecular weight excluding hydrogens is 569 g/mol. The fourth-order valence-electron chi connectivity index (χ4n) is 4.66. The Morgan fingerprint density at radius 1 is 0.756 bits per heavy atom. The summed E-state index contributed by atoms with van der Waals surface area (Å²) in [5, 5.41) is 9.20. The number of fused-ring (bicyclic) bond motifs is 1. The van der Waals surface area contributed by atoms with Crippen molar-refractivity contribution >= 4 is 22.8 Å². The predicted octanol–water partition coefficient (Wildman–Crippen LogP) is 6.50. The van der Waals surface area contributed by atoms with Gasteiger partial charge in [-0.3, -0.25) is 0 Å². The summed E-state index contributed by atoms with van der Waals surface area (Å²) in [6.07, 6.45) is -12.9. The lowest BCUT2D eigenvalue weighted by Crippen LogP contribution is -2.47. The summed E-state index contributed by atoms with van der Waals surface area (Å²) >= 11 is 0. The Morgan fingerprint density at radius 2 is 1.37 bits per heavy atom. The maximum atomic E-state index is 13.7. The standard InChI is InChI=1S/C26H20F9N5O/c27-24(28,29)16-3-1-15(2-4-16)18-10-17(25(30,31)32)11-20-21(18)38-23(37-20)40-7-5-39(6-8-40)22-19(26(33,34)35)9-14(13-41)12-36-22/h1-4,9-12,41H,5-8,13H2,(H,37,38).